The first-order chi connectivity index (χ1) is 15.8. The van der Waals surface area contributed by atoms with Gasteiger partial charge in [-0.2, -0.15) is 4.31 Å². The second kappa shape index (κ2) is 10.2. The predicted molar refractivity (Wildman–Crippen MR) is 126 cm³/mol. The summed E-state index contributed by atoms with van der Waals surface area (Å²) in [5.74, 6) is -0.679. The quantitative estimate of drug-likeness (QED) is 0.638. The Morgan fingerprint density at radius 3 is 2.45 bits per heavy atom. The van der Waals surface area contributed by atoms with Crippen LogP contribution in [0.5, 0.6) is 0 Å². The molecule has 1 unspecified atom stereocenters. The van der Waals surface area contributed by atoms with E-state index in [1.165, 1.54) is 16.4 Å². The standard InChI is InChI=1S/C23H26ClN3O5S/c24-19-10-9-18(15-21(19)33(30,31)27-11-2-1-3-12-27)25-22(28)16-6-4-7-17(14-16)26-23(29)20-8-5-13-32-20/h4,6-7,9-10,14-15,20H,1-3,5,8,11-13H2,(H,25,28)(H,26,29). The molecular weight excluding hydrogens is 466 g/mol. The summed E-state index contributed by atoms with van der Waals surface area (Å²) in [6.45, 7) is 1.48. The fourth-order valence-electron chi connectivity index (χ4n) is 3.97. The molecule has 0 aliphatic carbocycles. The minimum atomic E-state index is -3.75. The molecule has 0 bridgehead atoms. The van der Waals surface area contributed by atoms with Crippen molar-refractivity contribution in [3.05, 3.63) is 53.1 Å². The first-order valence-electron chi connectivity index (χ1n) is 11.0. The summed E-state index contributed by atoms with van der Waals surface area (Å²) in [6, 6.07) is 10.9. The van der Waals surface area contributed by atoms with E-state index < -0.39 is 22.0 Å². The Hall–Kier alpha value is -2.46. The average Bonchev–Trinajstić information content (AvgIpc) is 3.36. The number of carbonyl (C=O) groups is 2. The van der Waals surface area contributed by atoms with Gasteiger partial charge < -0.3 is 15.4 Å². The SMILES string of the molecule is O=C(Nc1ccc(Cl)c(S(=O)(=O)N2CCCCC2)c1)c1cccc(NC(=O)C2CCCO2)c1. The highest BCUT2D eigenvalue weighted by Crippen LogP contribution is 2.29. The number of anilines is 2. The van der Waals surface area contributed by atoms with Crippen LogP contribution < -0.4 is 10.6 Å². The maximum atomic E-state index is 13.1. The third-order valence-electron chi connectivity index (χ3n) is 5.74. The number of halogens is 1. The van der Waals surface area contributed by atoms with Crippen molar-refractivity contribution >= 4 is 44.8 Å². The van der Waals surface area contributed by atoms with Gasteiger partial charge in [-0.25, -0.2) is 8.42 Å². The van der Waals surface area contributed by atoms with Crippen molar-refractivity contribution in [3.63, 3.8) is 0 Å². The lowest BCUT2D eigenvalue weighted by atomic mass is 10.1. The lowest BCUT2D eigenvalue weighted by Crippen LogP contribution is -2.35. The largest absolute Gasteiger partial charge is 0.368 e. The highest BCUT2D eigenvalue weighted by molar-refractivity contribution is 7.89. The van der Waals surface area contributed by atoms with Crippen molar-refractivity contribution in [1.29, 1.82) is 0 Å². The van der Waals surface area contributed by atoms with Crippen molar-refractivity contribution in [2.24, 2.45) is 0 Å². The summed E-state index contributed by atoms with van der Waals surface area (Å²) in [4.78, 5) is 25.1. The average molecular weight is 492 g/mol. The fourth-order valence-corrected chi connectivity index (χ4v) is 5.99. The monoisotopic (exact) mass is 491 g/mol. The second-order valence-corrected chi connectivity index (χ2v) is 10.4. The van der Waals surface area contributed by atoms with Gasteiger partial charge >= 0.3 is 0 Å². The molecule has 2 heterocycles. The van der Waals surface area contributed by atoms with Gasteiger partial charge in [-0.15, -0.1) is 0 Å². The molecule has 2 aliphatic rings. The van der Waals surface area contributed by atoms with Gasteiger partial charge in [-0.05, 0) is 62.1 Å². The van der Waals surface area contributed by atoms with E-state index in [4.69, 9.17) is 16.3 Å². The summed E-state index contributed by atoms with van der Waals surface area (Å²) in [6.07, 6.45) is 3.67. The van der Waals surface area contributed by atoms with Crippen LogP contribution in [0.4, 0.5) is 11.4 Å². The second-order valence-electron chi connectivity index (χ2n) is 8.14. The number of amides is 2. The molecule has 2 amide bonds. The summed E-state index contributed by atoms with van der Waals surface area (Å²) in [5, 5.41) is 5.60. The molecule has 2 aromatic carbocycles. The Kier molecular flexibility index (Phi) is 7.33. The molecule has 0 spiro atoms. The minimum absolute atomic E-state index is 0.0264. The van der Waals surface area contributed by atoms with Crippen LogP contribution in [-0.4, -0.2) is 50.3 Å². The highest BCUT2D eigenvalue weighted by Gasteiger charge is 2.28. The summed E-state index contributed by atoms with van der Waals surface area (Å²) >= 11 is 6.21. The number of hydrogen-bond donors (Lipinski definition) is 2. The molecule has 4 rings (SSSR count). The van der Waals surface area contributed by atoms with Gasteiger partial charge in [-0.3, -0.25) is 9.59 Å². The first-order valence-corrected chi connectivity index (χ1v) is 12.8. The molecule has 2 aliphatic heterocycles. The number of ether oxygens (including phenoxy) is 1. The van der Waals surface area contributed by atoms with Crippen LogP contribution in [0.25, 0.3) is 0 Å². The molecular formula is C23H26ClN3O5S. The van der Waals surface area contributed by atoms with Crippen LogP contribution in [0.1, 0.15) is 42.5 Å². The summed E-state index contributed by atoms with van der Waals surface area (Å²) in [7, 11) is -3.75. The van der Waals surface area contributed by atoms with Crippen LogP contribution in [0.2, 0.25) is 5.02 Å². The Bertz CT molecular complexity index is 1140. The zero-order valence-electron chi connectivity index (χ0n) is 18.1. The minimum Gasteiger partial charge on any atom is -0.368 e. The van der Waals surface area contributed by atoms with Gasteiger partial charge in [0.15, 0.2) is 0 Å². The van der Waals surface area contributed by atoms with Crippen molar-refractivity contribution in [3.8, 4) is 0 Å². The molecule has 33 heavy (non-hydrogen) atoms. The van der Waals surface area contributed by atoms with E-state index in [9.17, 15) is 18.0 Å². The maximum absolute atomic E-state index is 13.1. The van der Waals surface area contributed by atoms with Crippen molar-refractivity contribution in [2.45, 2.75) is 43.1 Å². The third kappa shape index (κ3) is 5.55. The van der Waals surface area contributed by atoms with Crippen LogP contribution in [-0.2, 0) is 19.6 Å². The van der Waals surface area contributed by atoms with Crippen LogP contribution in [0, 0.1) is 0 Å². The zero-order valence-corrected chi connectivity index (χ0v) is 19.6. The number of sulfonamides is 1. The molecule has 0 saturated carbocycles. The smallest absolute Gasteiger partial charge is 0.255 e. The van der Waals surface area contributed by atoms with Gasteiger partial charge in [0.05, 0.1) is 5.02 Å². The Morgan fingerprint density at radius 2 is 1.73 bits per heavy atom. The number of carbonyl (C=O) groups excluding carboxylic acids is 2. The Balaban J connectivity index is 1.48. The number of benzene rings is 2. The van der Waals surface area contributed by atoms with Gasteiger partial charge in [-0.1, -0.05) is 24.1 Å². The highest BCUT2D eigenvalue weighted by atomic mass is 35.5. The van der Waals surface area contributed by atoms with Crippen LogP contribution in [0.3, 0.4) is 0 Å². The lowest BCUT2D eigenvalue weighted by Gasteiger charge is -2.26. The molecule has 2 aromatic rings. The van der Waals surface area contributed by atoms with E-state index in [1.807, 2.05) is 0 Å². The Labute approximate surface area is 198 Å². The molecule has 0 aromatic heterocycles. The molecule has 8 nitrogen and oxygen atoms in total. The van der Waals surface area contributed by atoms with E-state index >= 15 is 0 Å². The Morgan fingerprint density at radius 1 is 0.970 bits per heavy atom. The van der Waals surface area contributed by atoms with E-state index in [0.717, 1.165) is 25.7 Å². The summed E-state index contributed by atoms with van der Waals surface area (Å²) in [5.41, 5.74) is 1.11. The van der Waals surface area contributed by atoms with E-state index in [2.05, 4.69) is 10.6 Å². The number of piperidine rings is 1. The van der Waals surface area contributed by atoms with Crippen molar-refractivity contribution in [2.75, 3.05) is 30.3 Å². The van der Waals surface area contributed by atoms with Crippen LogP contribution in [0.15, 0.2) is 47.4 Å². The summed E-state index contributed by atoms with van der Waals surface area (Å²) < 4.78 is 32.9. The van der Waals surface area contributed by atoms with Gasteiger partial charge in [0.1, 0.15) is 11.0 Å². The number of rotatable bonds is 6. The molecule has 2 fully saturated rings. The van der Waals surface area contributed by atoms with Gasteiger partial charge in [0.25, 0.3) is 11.8 Å². The number of nitrogens with one attached hydrogen (secondary N) is 2. The molecule has 10 heteroatoms. The lowest BCUT2D eigenvalue weighted by molar-refractivity contribution is -0.124. The topological polar surface area (TPSA) is 105 Å². The molecule has 176 valence electrons. The first kappa shape index (κ1) is 23.7. The molecule has 2 N–H and O–H groups in total. The van der Waals surface area contributed by atoms with E-state index in [0.29, 0.717) is 43.1 Å². The van der Waals surface area contributed by atoms with E-state index in [-0.39, 0.29) is 15.8 Å². The molecule has 2 saturated heterocycles. The molecule has 1 atom stereocenters. The number of hydrogen-bond acceptors (Lipinski definition) is 5. The maximum Gasteiger partial charge on any atom is 0.255 e. The zero-order chi connectivity index (χ0) is 23.4. The number of nitrogens with zero attached hydrogens (tertiary/aromatic N) is 1. The van der Waals surface area contributed by atoms with Crippen molar-refractivity contribution in [1.82, 2.24) is 4.31 Å². The molecule has 0 radical (unpaired) electrons. The third-order valence-corrected chi connectivity index (χ3v) is 8.12. The van der Waals surface area contributed by atoms with Crippen LogP contribution >= 0.6 is 11.6 Å². The van der Waals surface area contributed by atoms with Crippen molar-refractivity contribution < 1.29 is 22.7 Å². The van der Waals surface area contributed by atoms with Gasteiger partial charge in [0, 0.05) is 36.6 Å². The predicted octanol–water partition coefficient (Wildman–Crippen LogP) is 3.88. The van der Waals surface area contributed by atoms with E-state index in [1.54, 1.807) is 30.3 Å². The van der Waals surface area contributed by atoms with Gasteiger partial charge in [0.2, 0.25) is 10.0 Å². The fraction of sp³-hybridized carbons (Fsp3) is 0.391. The normalized spacial score (nSPS) is 19.2.